The van der Waals surface area contributed by atoms with Crippen LogP contribution in [-0.2, 0) is 0 Å². The highest BCUT2D eigenvalue weighted by atomic mass is 32.2. The van der Waals surface area contributed by atoms with Gasteiger partial charge in [0.2, 0.25) is 0 Å². The van der Waals surface area contributed by atoms with Crippen molar-refractivity contribution in [1.29, 1.82) is 0 Å². The topological polar surface area (TPSA) is 21.6 Å². The Balaban J connectivity index is 2.28. The first-order valence-corrected chi connectivity index (χ1v) is 9.03. The van der Waals surface area contributed by atoms with Gasteiger partial charge in [0.1, 0.15) is 0 Å². The van der Waals surface area contributed by atoms with Crippen LogP contribution in [0.3, 0.4) is 0 Å². The van der Waals surface area contributed by atoms with Crippen LogP contribution in [0.4, 0.5) is 4.39 Å². The van der Waals surface area contributed by atoms with Crippen molar-refractivity contribution in [2.75, 3.05) is 6.61 Å². The van der Waals surface area contributed by atoms with Crippen molar-refractivity contribution in [3.8, 4) is 5.75 Å². The van der Waals surface area contributed by atoms with Crippen molar-refractivity contribution in [3.05, 3.63) is 29.6 Å². The highest BCUT2D eigenvalue weighted by Gasteiger charge is 2.25. The highest BCUT2D eigenvalue weighted by Crippen LogP contribution is 2.33. The van der Waals surface area contributed by atoms with Crippen LogP contribution in [0.15, 0.2) is 22.6 Å². The van der Waals surface area contributed by atoms with E-state index in [0.717, 1.165) is 11.3 Å². The van der Waals surface area contributed by atoms with E-state index in [4.69, 9.17) is 9.13 Å². The number of halogens is 1. The van der Waals surface area contributed by atoms with Gasteiger partial charge in [-0.1, -0.05) is 20.8 Å². The predicted octanol–water partition coefficient (Wildman–Crippen LogP) is 5.90. The van der Waals surface area contributed by atoms with Crippen molar-refractivity contribution in [2.45, 2.75) is 59.1 Å². The minimum absolute atomic E-state index is 0.0435. The Kier molecular flexibility index (Phi) is 5.44. The summed E-state index contributed by atoms with van der Waals surface area (Å²) >= 11 is 1.56. The van der Waals surface area contributed by atoms with Crippen molar-refractivity contribution in [3.63, 3.8) is 0 Å². The smallest absolute Gasteiger partial charge is 0.165 e. The number of ether oxygens (including phenoxy) is 1. The summed E-state index contributed by atoms with van der Waals surface area (Å²) in [6.45, 7) is 13.4. The fourth-order valence-corrected chi connectivity index (χ4v) is 2.80. The van der Waals surface area contributed by atoms with Crippen LogP contribution in [0.25, 0.3) is 0 Å². The summed E-state index contributed by atoms with van der Waals surface area (Å²) < 4.78 is 24.5. The molecule has 0 unspecified atom stereocenters. The Labute approximate surface area is 144 Å². The molecule has 0 saturated heterocycles. The average Bonchev–Trinajstić information content (AvgIpc) is 3.20. The fraction of sp³-hybridized carbons (Fsp3) is 0.632. The number of benzene rings is 1. The van der Waals surface area contributed by atoms with Gasteiger partial charge in [-0.15, -0.1) is 0 Å². The van der Waals surface area contributed by atoms with Crippen LogP contribution in [-0.4, -0.2) is 17.1 Å². The molecule has 1 aliphatic carbocycles. The first-order chi connectivity index (χ1) is 10.6. The first kappa shape index (κ1) is 18.3. The quantitative estimate of drug-likeness (QED) is 0.493. The lowest BCUT2D eigenvalue weighted by molar-refractivity contribution is 0.285. The fourth-order valence-electron chi connectivity index (χ4n) is 2.06. The molecule has 0 radical (unpaired) electrons. The van der Waals surface area contributed by atoms with Crippen LogP contribution in [0.2, 0.25) is 0 Å². The van der Waals surface area contributed by atoms with Crippen LogP contribution < -0.4 is 4.74 Å². The van der Waals surface area contributed by atoms with Gasteiger partial charge in [-0.25, -0.2) is 8.79 Å². The van der Waals surface area contributed by atoms with Gasteiger partial charge in [0.15, 0.2) is 11.6 Å². The molecule has 23 heavy (non-hydrogen) atoms. The summed E-state index contributed by atoms with van der Waals surface area (Å²) in [4.78, 5) is 0. The van der Waals surface area contributed by atoms with Crippen molar-refractivity contribution in [2.24, 2.45) is 15.7 Å². The maximum Gasteiger partial charge on any atom is 0.165 e. The molecule has 1 aliphatic rings. The SMILES string of the molecule is CC(C)(C)S/N=C(/c1ccc(F)c(OCC2CC2)c1)C(C)(C)C. The Morgan fingerprint density at radius 1 is 1.22 bits per heavy atom. The van der Waals surface area contributed by atoms with Gasteiger partial charge < -0.3 is 4.74 Å². The lowest BCUT2D eigenvalue weighted by Gasteiger charge is -2.24. The normalized spacial score (nSPS) is 16.6. The van der Waals surface area contributed by atoms with E-state index >= 15 is 0 Å². The third kappa shape index (κ3) is 5.83. The minimum Gasteiger partial charge on any atom is -0.490 e. The van der Waals surface area contributed by atoms with Crippen LogP contribution in [0, 0.1) is 17.2 Å². The zero-order chi connectivity index (χ0) is 17.3. The number of rotatable bonds is 5. The second-order valence-corrected chi connectivity index (χ2v) is 9.88. The Morgan fingerprint density at radius 2 is 1.87 bits per heavy atom. The first-order valence-electron chi connectivity index (χ1n) is 8.25. The summed E-state index contributed by atoms with van der Waals surface area (Å²) in [6, 6.07) is 5.08. The van der Waals surface area contributed by atoms with E-state index in [-0.39, 0.29) is 16.0 Å². The molecule has 0 aromatic heterocycles. The van der Waals surface area contributed by atoms with Crippen molar-refractivity contribution in [1.82, 2.24) is 0 Å². The van der Waals surface area contributed by atoms with Crippen molar-refractivity contribution < 1.29 is 9.13 Å². The molecule has 2 rings (SSSR count). The number of hydrogen-bond donors (Lipinski definition) is 0. The van der Waals surface area contributed by atoms with Crippen LogP contribution in [0.5, 0.6) is 5.75 Å². The average molecular weight is 338 g/mol. The molecule has 0 aliphatic heterocycles. The summed E-state index contributed by atoms with van der Waals surface area (Å²) in [5.41, 5.74) is 1.78. The molecule has 0 spiro atoms. The van der Waals surface area contributed by atoms with E-state index in [1.807, 2.05) is 0 Å². The summed E-state index contributed by atoms with van der Waals surface area (Å²) in [6.07, 6.45) is 2.39. The molecular formula is C19H28FNOS. The van der Waals surface area contributed by atoms with E-state index in [2.05, 4.69) is 41.5 Å². The van der Waals surface area contributed by atoms with Gasteiger partial charge in [-0.05, 0) is 69.7 Å². The molecule has 128 valence electrons. The van der Waals surface area contributed by atoms with Gasteiger partial charge in [0.05, 0.1) is 12.3 Å². The molecule has 2 nitrogen and oxygen atoms in total. The van der Waals surface area contributed by atoms with Gasteiger partial charge in [0, 0.05) is 15.7 Å². The Bertz CT molecular complexity index is 580. The molecule has 1 fully saturated rings. The van der Waals surface area contributed by atoms with E-state index in [0.29, 0.717) is 18.3 Å². The van der Waals surface area contributed by atoms with E-state index in [1.54, 1.807) is 24.1 Å². The summed E-state index contributed by atoms with van der Waals surface area (Å²) in [7, 11) is 0. The standard InChI is InChI=1S/C19H28FNOS/c1-18(2,3)17(21-23-19(4,5)6)14-9-10-15(20)16(11-14)22-12-13-7-8-13/h9-11,13H,7-8,12H2,1-6H3/b21-17-. The van der Waals surface area contributed by atoms with E-state index in [9.17, 15) is 4.39 Å². The molecule has 1 saturated carbocycles. The Hall–Kier alpha value is -1.03. The molecule has 4 heteroatoms. The molecule has 0 N–H and O–H groups in total. The second-order valence-electron chi connectivity index (χ2n) is 8.29. The van der Waals surface area contributed by atoms with Gasteiger partial charge >= 0.3 is 0 Å². The molecule has 0 heterocycles. The Morgan fingerprint density at radius 3 is 2.39 bits per heavy atom. The highest BCUT2D eigenvalue weighted by molar-refractivity contribution is 7.99. The maximum absolute atomic E-state index is 14.0. The van der Waals surface area contributed by atoms with Gasteiger partial charge in [-0.2, -0.15) is 0 Å². The monoisotopic (exact) mass is 337 g/mol. The summed E-state index contributed by atoms with van der Waals surface area (Å²) in [5.74, 6) is 0.642. The minimum atomic E-state index is -0.300. The van der Waals surface area contributed by atoms with Crippen LogP contribution in [0.1, 0.15) is 59.9 Å². The third-order valence-corrected chi connectivity index (χ3v) is 4.32. The molecule has 0 atom stereocenters. The zero-order valence-electron chi connectivity index (χ0n) is 15.1. The van der Waals surface area contributed by atoms with Gasteiger partial charge in [0.25, 0.3) is 0 Å². The second kappa shape index (κ2) is 6.84. The lowest BCUT2D eigenvalue weighted by Crippen LogP contribution is -2.22. The predicted molar refractivity (Wildman–Crippen MR) is 98.0 cm³/mol. The van der Waals surface area contributed by atoms with E-state index < -0.39 is 0 Å². The van der Waals surface area contributed by atoms with E-state index in [1.165, 1.54) is 18.9 Å². The number of hydrogen-bond acceptors (Lipinski definition) is 3. The molecular weight excluding hydrogens is 309 g/mol. The maximum atomic E-state index is 14.0. The van der Waals surface area contributed by atoms with Crippen LogP contribution >= 0.6 is 11.9 Å². The molecule has 0 bridgehead atoms. The third-order valence-electron chi connectivity index (χ3n) is 3.50. The zero-order valence-corrected chi connectivity index (χ0v) is 15.9. The van der Waals surface area contributed by atoms with Gasteiger partial charge in [-0.3, -0.25) is 0 Å². The molecule has 1 aromatic rings. The summed E-state index contributed by atoms with van der Waals surface area (Å²) in [5, 5.41) is 0. The largest absolute Gasteiger partial charge is 0.490 e. The number of nitrogens with zero attached hydrogens (tertiary/aromatic N) is 1. The molecule has 1 aromatic carbocycles. The lowest BCUT2D eigenvalue weighted by atomic mass is 9.85. The molecule has 0 amide bonds. The van der Waals surface area contributed by atoms with Crippen molar-refractivity contribution >= 4 is 17.7 Å².